The van der Waals surface area contributed by atoms with E-state index in [0.717, 1.165) is 18.9 Å². The third-order valence-electron chi connectivity index (χ3n) is 14.4. The second-order valence-electron chi connectivity index (χ2n) is 15.7. The van der Waals surface area contributed by atoms with E-state index in [2.05, 4.69) is 46.9 Å². The Morgan fingerprint density at radius 2 is 1.56 bits per heavy atom. The molecule has 11 atom stereocenters. The van der Waals surface area contributed by atoms with Gasteiger partial charge in [0.25, 0.3) is 0 Å². The Bertz CT molecular complexity index is 815. The molecule has 5 aliphatic carbocycles. The lowest BCUT2D eigenvalue weighted by Gasteiger charge is -2.73. The van der Waals surface area contributed by atoms with Crippen molar-refractivity contribution >= 4 is 0 Å². The molecule has 0 amide bonds. The Labute approximate surface area is 221 Å². The molecule has 0 radical (unpaired) electrons. The molecule has 4 nitrogen and oxygen atoms in total. The lowest BCUT2D eigenvalue weighted by atomic mass is 9.32. The summed E-state index contributed by atoms with van der Waals surface area (Å²) in [6.45, 7) is 17.3. The normalized spacial score (nSPS) is 52.6. The van der Waals surface area contributed by atoms with Crippen LogP contribution >= 0.6 is 0 Å². The zero-order chi connectivity index (χ0) is 26.1. The van der Waals surface area contributed by atoms with Gasteiger partial charge in [0.2, 0.25) is 0 Å². The zero-order valence-corrected chi connectivity index (χ0v) is 24.3. The molecule has 4 heteroatoms. The summed E-state index contributed by atoms with van der Waals surface area (Å²) in [5.74, 6) is 3.93. The number of aliphatic hydroxyl groups is 3. The van der Waals surface area contributed by atoms with Gasteiger partial charge in [0.05, 0.1) is 12.7 Å². The van der Waals surface area contributed by atoms with Crippen molar-refractivity contribution in [3.8, 4) is 0 Å². The summed E-state index contributed by atoms with van der Waals surface area (Å²) in [4.78, 5) is 0. The van der Waals surface area contributed by atoms with Gasteiger partial charge in [-0.2, -0.15) is 0 Å². The molecule has 5 fully saturated rings. The highest BCUT2D eigenvalue weighted by molar-refractivity contribution is 5.19. The van der Waals surface area contributed by atoms with Crippen LogP contribution in [-0.2, 0) is 0 Å². The van der Waals surface area contributed by atoms with E-state index in [9.17, 15) is 15.3 Å². The Morgan fingerprint density at radius 1 is 0.806 bits per heavy atom. The highest BCUT2D eigenvalue weighted by Crippen LogP contribution is 2.77. The van der Waals surface area contributed by atoms with Crippen LogP contribution in [0.3, 0.4) is 0 Å². The van der Waals surface area contributed by atoms with Gasteiger partial charge in [0.15, 0.2) is 0 Å². The average molecular weight is 504 g/mol. The van der Waals surface area contributed by atoms with E-state index in [1.807, 2.05) is 0 Å². The van der Waals surface area contributed by atoms with Gasteiger partial charge in [-0.3, -0.25) is 0 Å². The minimum absolute atomic E-state index is 0.0121. The minimum atomic E-state index is -0.160. The van der Waals surface area contributed by atoms with Gasteiger partial charge in [0.1, 0.15) is 0 Å². The number of fused-ring (bicyclic) bond motifs is 7. The topological polar surface area (TPSA) is 72.7 Å². The second-order valence-corrected chi connectivity index (χ2v) is 15.7. The first kappa shape index (κ1) is 27.4. The van der Waals surface area contributed by atoms with Gasteiger partial charge >= 0.3 is 0 Å². The smallest absolute Gasteiger partial charge is 0.0594 e. The molecule has 0 spiro atoms. The van der Waals surface area contributed by atoms with Crippen molar-refractivity contribution in [3.63, 3.8) is 0 Å². The summed E-state index contributed by atoms with van der Waals surface area (Å²) >= 11 is 0. The summed E-state index contributed by atoms with van der Waals surface area (Å²) in [7, 11) is 0. The summed E-state index contributed by atoms with van der Waals surface area (Å²) in [5, 5.41) is 34.6. The monoisotopic (exact) mass is 503 g/mol. The lowest BCUT2D eigenvalue weighted by Crippen LogP contribution is -2.67. The van der Waals surface area contributed by atoms with E-state index in [0.29, 0.717) is 59.0 Å². The lowest BCUT2D eigenvalue weighted by molar-refractivity contribution is -0.251. The van der Waals surface area contributed by atoms with E-state index in [1.165, 1.54) is 57.8 Å². The average Bonchev–Trinajstić information content (AvgIpc) is 3.22. The van der Waals surface area contributed by atoms with E-state index in [1.54, 1.807) is 0 Å². The van der Waals surface area contributed by atoms with Crippen molar-refractivity contribution < 1.29 is 15.3 Å². The first-order valence-electron chi connectivity index (χ1n) is 15.5. The molecule has 0 aromatic carbocycles. The highest BCUT2D eigenvalue weighted by Gasteiger charge is 2.70. The van der Waals surface area contributed by atoms with Crippen molar-refractivity contribution in [1.29, 1.82) is 0 Å². The van der Waals surface area contributed by atoms with Gasteiger partial charge < -0.3 is 20.6 Å². The van der Waals surface area contributed by atoms with E-state index in [4.69, 9.17) is 0 Å². The molecule has 0 aromatic heterocycles. The fraction of sp³-hybridized carbons (Fsp3) is 1.00. The third kappa shape index (κ3) is 3.59. The Morgan fingerprint density at radius 3 is 2.25 bits per heavy atom. The predicted octanol–water partition coefficient (Wildman–Crippen LogP) is 5.64. The maximum Gasteiger partial charge on any atom is 0.0594 e. The van der Waals surface area contributed by atoms with E-state index < -0.39 is 0 Å². The van der Waals surface area contributed by atoms with Gasteiger partial charge in [-0.1, -0.05) is 41.5 Å². The molecule has 5 rings (SSSR count). The summed E-state index contributed by atoms with van der Waals surface area (Å²) in [6.07, 6.45) is 12.1. The van der Waals surface area contributed by atoms with Gasteiger partial charge in [0, 0.05) is 13.2 Å². The molecule has 5 aliphatic rings. The minimum Gasteiger partial charge on any atom is -0.396 e. The third-order valence-corrected chi connectivity index (χ3v) is 14.4. The predicted molar refractivity (Wildman–Crippen MR) is 146 cm³/mol. The molecular weight excluding hydrogens is 446 g/mol. The first-order valence-corrected chi connectivity index (χ1v) is 15.5. The highest BCUT2D eigenvalue weighted by atomic mass is 16.3. The first-order chi connectivity index (χ1) is 16.9. The van der Waals surface area contributed by atoms with Crippen molar-refractivity contribution in [3.05, 3.63) is 0 Å². The quantitative estimate of drug-likeness (QED) is 0.354. The van der Waals surface area contributed by atoms with Crippen LogP contribution in [-0.4, -0.2) is 47.7 Å². The molecule has 5 saturated carbocycles. The number of rotatable bonds is 6. The maximum absolute atomic E-state index is 11.0. The molecule has 0 bridgehead atoms. The Kier molecular flexibility index (Phi) is 7.01. The number of hydrogen-bond donors (Lipinski definition) is 4. The van der Waals surface area contributed by atoms with Crippen molar-refractivity contribution in [2.45, 2.75) is 112 Å². The number of aliphatic hydroxyl groups excluding tert-OH is 3. The fourth-order valence-electron chi connectivity index (χ4n) is 12.3. The number of nitrogens with one attached hydrogen (secondary N) is 1. The van der Waals surface area contributed by atoms with Crippen molar-refractivity contribution in [2.75, 3.05) is 26.3 Å². The van der Waals surface area contributed by atoms with Crippen LogP contribution in [0.5, 0.6) is 0 Å². The Balaban J connectivity index is 1.48. The molecule has 4 N–H and O–H groups in total. The summed E-state index contributed by atoms with van der Waals surface area (Å²) in [5.41, 5.74) is 1.13. The SMILES string of the molecule is CC(CNCCO)[C@@H]1CC[C@]2(CO)CC[C@]3(C)[C@H](CC[C@@H]4[C@@]5(C)CCC(O)C(C)(C)[C@@H]5CC[C@]43C)[C@@H]12. The second kappa shape index (κ2) is 9.20. The Hall–Kier alpha value is -0.160. The largest absolute Gasteiger partial charge is 0.396 e. The van der Waals surface area contributed by atoms with Gasteiger partial charge in [-0.15, -0.1) is 0 Å². The molecule has 2 unspecified atom stereocenters. The summed E-state index contributed by atoms with van der Waals surface area (Å²) in [6, 6.07) is 0. The van der Waals surface area contributed by atoms with Gasteiger partial charge in [-0.25, -0.2) is 0 Å². The van der Waals surface area contributed by atoms with Crippen LogP contribution in [0.25, 0.3) is 0 Å². The fourth-order valence-corrected chi connectivity index (χ4v) is 12.3. The van der Waals surface area contributed by atoms with E-state index in [-0.39, 0.29) is 23.5 Å². The molecule has 0 aromatic rings. The number of hydrogen-bond acceptors (Lipinski definition) is 4. The maximum atomic E-state index is 11.0. The molecule has 208 valence electrons. The molecule has 0 saturated heterocycles. The molecule has 36 heavy (non-hydrogen) atoms. The van der Waals surface area contributed by atoms with Crippen molar-refractivity contribution in [2.24, 2.45) is 62.6 Å². The zero-order valence-electron chi connectivity index (χ0n) is 24.3. The van der Waals surface area contributed by atoms with Crippen LogP contribution in [0.4, 0.5) is 0 Å². The van der Waals surface area contributed by atoms with Crippen LogP contribution in [0.1, 0.15) is 106 Å². The van der Waals surface area contributed by atoms with E-state index >= 15 is 0 Å². The summed E-state index contributed by atoms with van der Waals surface area (Å²) < 4.78 is 0. The van der Waals surface area contributed by atoms with Crippen LogP contribution in [0.2, 0.25) is 0 Å². The molecule has 0 aliphatic heterocycles. The molecular formula is C32H57NO3. The van der Waals surface area contributed by atoms with Crippen LogP contribution in [0.15, 0.2) is 0 Å². The van der Waals surface area contributed by atoms with Gasteiger partial charge in [-0.05, 0) is 133 Å². The van der Waals surface area contributed by atoms with Crippen LogP contribution in [0, 0.1) is 62.6 Å². The van der Waals surface area contributed by atoms with Crippen LogP contribution < -0.4 is 5.32 Å². The molecule has 0 heterocycles. The standard InChI is InChI=1S/C32H57NO3/c1-21(19-33-17-18-34)22-9-14-32(20-35)16-15-30(5)23(27(22)32)7-8-25-29(4)12-11-26(36)28(2,3)24(29)10-13-31(25,30)6/h21-27,33-36H,7-20H2,1-6H3/t21?,22-,23+,24-,25+,26?,27+,29-,30+,31+,32+/m0/s1. The van der Waals surface area contributed by atoms with Crippen molar-refractivity contribution in [1.82, 2.24) is 5.32 Å².